The van der Waals surface area contributed by atoms with Gasteiger partial charge in [-0.2, -0.15) is 13.2 Å². The van der Waals surface area contributed by atoms with Crippen LogP contribution in [0.2, 0.25) is 0 Å². The molecule has 2 aromatic heterocycles. The van der Waals surface area contributed by atoms with E-state index in [2.05, 4.69) is 36.1 Å². The zero-order valence-corrected chi connectivity index (χ0v) is 20.6. The molecule has 1 aliphatic heterocycles. The molecular formula is C24H20F3N7O3S. The molecule has 196 valence electrons. The van der Waals surface area contributed by atoms with E-state index in [1.54, 1.807) is 12.1 Å². The summed E-state index contributed by atoms with van der Waals surface area (Å²) in [6, 6.07) is 16.3. The monoisotopic (exact) mass is 543 g/mol. The molecule has 3 N–H and O–H groups in total. The number of hydrogen-bond donors (Lipinski definition) is 3. The van der Waals surface area contributed by atoms with Crippen molar-refractivity contribution < 1.29 is 27.1 Å². The van der Waals surface area contributed by atoms with Crippen molar-refractivity contribution in [1.29, 1.82) is 0 Å². The maximum atomic E-state index is 13.3. The number of thiazole rings is 1. The lowest BCUT2D eigenvalue weighted by atomic mass is 10.0. The van der Waals surface area contributed by atoms with E-state index in [0.29, 0.717) is 22.7 Å². The van der Waals surface area contributed by atoms with Gasteiger partial charge in [0.25, 0.3) is 11.8 Å². The van der Waals surface area contributed by atoms with E-state index >= 15 is 0 Å². The van der Waals surface area contributed by atoms with E-state index in [4.69, 9.17) is 9.15 Å². The van der Waals surface area contributed by atoms with Gasteiger partial charge in [0.2, 0.25) is 11.2 Å². The predicted octanol–water partition coefficient (Wildman–Crippen LogP) is 4.50. The summed E-state index contributed by atoms with van der Waals surface area (Å²) >= 11 is 0.414. The van der Waals surface area contributed by atoms with Crippen LogP contribution in [-0.2, 0) is 15.7 Å². The molecule has 0 saturated heterocycles. The topological polar surface area (TPSA) is 127 Å². The second-order valence-electron chi connectivity index (χ2n) is 7.95. The summed E-state index contributed by atoms with van der Waals surface area (Å²) in [5.74, 6) is -0.748. The van der Waals surface area contributed by atoms with Crippen LogP contribution in [0.3, 0.4) is 0 Å². The number of ether oxygens (including phenoxy) is 1. The molecule has 0 radical (unpaired) electrons. The van der Waals surface area contributed by atoms with Crippen LogP contribution in [0, 0.1) is 0 Å². The van der Waals surface area contributed by atoms with Crippen molar-refractivity contribution in [3.05, 3.63) is 70.7 Å². The molecule has 2 aromatic carbocycles. The number of carbonyl (C=O) groups is 1. The van der Waals surface area contributed by atoms with E-state index in [9.17, 15) is 18.0 Å². The highest BCUT2D eigenvalue weighted by Gasteiger charge is 2.37. The van der Waals surface area contributed by atoms with Crippen molar-refractivity contribution in [2.24, 2.45) is 4.99 Å². The summed E-state index contributed by atoms with van der Waals surface area (Å²) in [7, 11) is 1.47. The molecular weight excluding hydrogens is 523 g/mol. The summed E-state index contributed by atoms with van der Waals surface area (Å²) in [5.41, 5.74) is 2.46. The fourth-order valence-corrected chi connectivity index (χ4v) is 4.50. The largest absolute Gasteiger partial charge is 0.443 e. The van der Waals surface area contributed by atoms with Gasteiger partial charge in [0, 0.05) is 24.8 Å². The Kier molecular flexibility index (Phi) is 7.07. The third-order valence-electron chi connectivity index (χ3n) is 5.34. The zero-order valence-electron chi connectivity index (χ0n) is 19.7. The number of rotatable bonds is 8. The smallest absolute Gasteiger partial charge is 0.402 e. The summed E-state index contributed by atoms with van der Waals surface area (Å²) in [6.07, 6.45) is -5.83. The van der Waals surface area contributed by atoms with Crippen molar-refractivity contribution >= 4 is 39.7 Å². The molecule has 0 aliphatic carbocycles. The van der Waals surface area contributed by atoms with Crippen LogP contribution >= 0.6 is 11.3 Å². The fraction of sp³-hybridized carbons (Fsp3) is 0.208. The number of benzene rings is 2. The number of methoxy groups -OCH3 is 1. The molecule has 1 aliphatic rings. The van der Waals surface area contributed by atoms with Crippen LogP contribution < -0.4 is 16.0 Å². The summed E-state index contributed by atoms with van der Waals surface area (Å²) in [6.45, 7) is 0.498. The van der Waals surface area contributed by atoms with Crippen molar-refractivity contribution in [2.75, 3.05) is 36.2 Å². The molecule has 5 rings (SSSR count). The third kappa shape index (κ3) is 5.35. The predicted molar refractivity (Wildman–Crippen MR) is 135 cm³/mol. The standard InChI is InChI=1S/C24H20F3N7O3S/c1-36-12-11-28-21-17(31-22(38-21)24(25,26)27)20-33-34-23(37-20)32-18-19(35)29-15-10-6-5-9-14(15)16(30-18)13-7-3-2-4-8-13/h2-10,18,28H,11-12H2,1H3,(H,29,35)(H,32,34)/t18-/m1/s1. The molecule has 1 amide bonds. The van der Waals surface area contributed by atoms with Crippen molar-refractivity contribution in [3.8, 4) is 11.6 Å². The molecule has 38 heavy (non-hydrogen) atoms. The minimum absolute atomic E-state index is 0.0941. The fourth-order valence-electron chi connectivity index (χ4n) is 3.65. The minimum atomic E-state index is -4.66. The van der Waals surface area contributed by atoms with Gasteiger partial charge in [-0.25, -0.2) is 9.98 Å². The number of amides is 1. The highest BCUT2D eigenvalue weighted by Crippen LogP contribution is 2.40. The Hall–Kier alpha value is -4.30. The van der Waals surface area contributed by atoms with Crippen molar-refractivity contribution in [2.45, 2.75) is 12.3 Å². The molecule has 0 bridgehead atoms. The van der Waals surface area contributed by atoms with Gasteiger partial charge in [-0.3, -0.25) is 4.79 Å². The highest BCUT2D eigenvalue weighted by molar-refractivity contribution is 7.16. The first kappa shape index (κ1) is 25.4. The average Bonchev–Trinajstić information content (AvgIpc) is 3.51. The second-order valence-corrected chi connectivity index (χ2v) is 8.95. The van der Waals surface area contributed by atoms with Crippen LogP contribution in [0.5, 0.6) is 0 Å². The molecule has 10 nitrogen and oxygen atoms in total. The van der Waals surface area contributed by atoms with Gasteiger partial charge < -0.3 is 25.1 Å². The Balaban J connectivity index is 1.46. The lowest BCUT2D eigenvalue weighted by Gasteiger charge is -2.11. The normalized spacial score (nSPS) is 15.3. The van der Waals surface area contributed by atoms with E-state index in [-0.39, 0.29) is 35.8 Å². The Bertz CT molecular complexity index is 1470. The third-order valence-corrected chi connectivity index (χ3v) is 6.40. The number of benzodiazepines with no additional fused rings is 1. The van der Waals surface area contributed by atoms with E-state index < -0.39 is 23.3 Å². The van der Waals surface area contributed by atoms with Crippen LogP contribution in [0.25, 0.3) is 11.6 Å². The van der Waals surface area contributed by atoms with Crippen LogP contribution in [0.15, 0.2) is 64.0 Å². The number of hydrogen-bond acceptors (Lipinski definition) is 10. The van der Waals surface area contributed by atoms with Crippen molar-refractivity contribution in [3.63, 3.8) is 0 Å². The molecule has 0 spiro atoms. The summed E-state index contributed by atoms with van der Waals surface area (Å²) in [4.78, 5) is 21.3. The Morgan fingerprint density at radius 2 is 1.87 bits per heavy atom. The lowest BCUT2D eigenvalue weighted by molar-refractivity contribution is -0.137. The SMILES string of the molecule is COCCNc1sc(C(F)(F)F)nc1-c1nnc(N[C@H]2N=C(c3ccccc3)c3ccccc3NC2=O)o1. The number of fused-ring (bicyclic) bond motifs is 1. The molecule has 0 fully saturated rings. The van der Waals surface area contributed by atoms with Gasteiger partial charge >= 0.3 is 12.2 Å². The molecule has 3 heterocycles. The van der Waals surface area contributed by atoms with E-state index in [1.165, 1.54) is 7.11 Å². The Labute approximate surface area is 218 Å². The maximum absolute atomic E-state index is 13.3. The van der Waals surface area contributed by atoms with Gasteiger partial charge in [-0.05, 0) is 6.07 Å². The zero-order chi connectivity index (χ0) is 26.7. The number of nitrogens with one attached hydrogen (secondary N) is 3. The number of nitrogens with zero attached hydrogens (tertiary/aromatic N) is 4. The highest BCUT2D eigenvalue weighted by atomic mass is 32.1. The molecule has 1 atom stereocenters. The molecule has 0 saturated carbocycles. The van der Waals surface area contributed by atoms with E-state index in [1.807, 2.05) is 42.5 Å². The van der Waals surface area contributed by atoms with Gasteiger partial charge in [0.15, 0.2) is 5.69 Å². The molecule has 14 heteroatoms. The first-order chi connectivity index (χ1) is 18.3. The van der Waals surface area contributed by atoms with E-state index in [0.717, 1.165) is 11.1 Å². The number of aromatic nitrogens is 3. The lowest BCUT2D eigenvalue weighted by Crippen LogP contribution is -2.32. The number of alkyl halides is 3. The molecule has 4 aromatic rings. The summed E-state index contributed by atoms with van der Waals surface area (Å²) in [5, 5.41) is 15.2. The number of para-hydroxylation sites is 1. The van der Waals surface area contributed by atoms with Gasteiger partial charge in [-0.1, -0.05) is 65.0 Å². The Morgan fingerprint density at radius 1 is 1.11 bits per heavy atom. The maximum Gasteiger partial charge on any atom is 0.443 e. The average molecular weight is 544 g/mol. The van der Waals surface area contributed by atoms with Crippen LogP contribution in [0.4, 0.5) is 29.9 Å². The van der Waals surface area contributed by atoms with Gasteiger partial charge in [0.1, 0.15) is 5.00 Å². The van der Waals surface area contributed by atoms with Gasteiger partial charge in [-0.15, -0.1) is 5.10 Å². The number of aliphatic imine (C=N–C) groups is 1. The second kappa shape index (κ2) is 10.6. The number of anilines is 3. The van der Waals surface area contributed by atoms with Crippen LogP contribution in [-0.4, -0.2) is 53.2 Å². The summed E-state index contributed by atoms with van der Waals surface area (Å²) < 4.78 is 50.5. The molecule has 0 unspecified atom stereocenters. The quantitative estimate of drug-likeness (QED) is 0.278. The first-order valence-electron chi connectivity index (χ1n) is 11.3. The van der Waals surface area contributed by atoms with Crippen molar-refractivity contribution in [1.82, 2.24) is 15.2 Å². The van der Waals surface area contributed by atoms with Crippen LogP contribution in [0.1, 0.15) is 16.1 Å². The number of halogens is 3. The number of carbonyl (C=O) groups excluding carboxylic acids is 1. The Morgan fingerprint density at radius 3 is 2.63 bits per heavy atom. The minimum Gasteiger partial charge on any atom is -0.402 e. The first-order valence-corrected chi connectivity index (χ1v) is 12.1. The van der Waals surface area contributed by atoms with Gasteiger partial charge in [0.05, 0.1) is 18.0 Å².